The fraction of sp³-hybridized carbons (Fsp3) is 0.500. The van der Waals surface area contributed by atoms with Crippen LogP contribution in [0.5, 0.6) is 0 Å². The van der Waals surface area contributed by atoms with E-state index in [1.54, 1.807) is 0 Å². The molecule has 0 saturated heterocycles. The first kappa shape index (κ1) is 9.78. The Hall–Kier alpha value is -1.42. The van der Waals surface area contributed by atoms with Gasteiger partial charge in [0.2, 0.25) is 0 Å². The third-order valence-corrected chi connectivity index (χ3v) is 3.31. The van der Waals surface area contributed by atoms with Crippen LogP contribution in [0.4, 0.5) is 0 Å². The summed E-state index contributed by atoms with van der Waals surface area (Å²) in [6.07, 6.45) is 4.59. The highest BCUT2D eigenvalue weighted by atomic mass is 15.3. The molecule has 0 atom stereocenters. The second kappa shape index (κ2) is 3.87. The van der Waals surface area contributed by atoms with Crippen LogP contribution >= 0.6 is 0 Å². The summed E-state index contributed by atoms with van der Waals surface area (Å²) in [6.45, 7) is 3.10. The SMILES string of the molecule is CC1CC(NCc2nnc3ccccn23)C1. The van der Waals surface area contributed by atoms with Crippen LogP contribution < -0.4 is 5.32 Å². The lowest BCUT2D eigenvalue weighted by Crippen LogP contribution is -2.39. The molecule has 16 heavy (non-hydrogen) atoms. The van der Waals surface area contributed by atoms with Crippen LogP contribution in [0.3, 0.4) is 0 Å². The molecule has 1 aliphatic rings. The maximum atomic E-state index is 4.20. The third-order valence-electron chi connectivity index (χ3n) is 3.31. The first-order chi connectivity index (χ1) is 7.83. The summed E-state index contributed by atoms with van der Waals surface area (Å²) < 4.78 is 2.04. The molecule has 1 N–H and O–H groups in total. The molecule has 0 radical (unpaired) electrons. The number of nitrogens with zero attached hydrogens (tertiary/aromatic N) is 3. The van der Waals surface area contributed by atoms with Crippen molar-refractivity contribution in [2.45, 2.75) is 32.4 Å². The van der Waals surface area contributed by atoms with Crippen molar-refractivity contribution in [1.29, 1.82) is 0 Å². The molecule has 1 aliphatic carbocycles. The van der Waals surface area contributed by atoms with Crippen molar-refractivity contribution in [3.05, 3.63) is 30.2 Å². The first-order valence-electron chi connectivity index (χ1n) is 5.85. The number of hydrogen-bond donors (Lipinski definition) is 1. The summed E-state index contributed by atoms with van der Waals surface area (Å²) >= 11 is 0. The Morgan fingerprint density at radius 3 is 3.06 bits per heavy atom. The molecule has 4 heteroatoms. The molecular weight excluding hydrogens is 200 g/mol. The Labute approximate surface area is 94.7 Å². The Morgan fingerprint density at radius 1 is 1.38 bits per heavy atom. The molecule has 0 bridgehead atoms. The molecule has 2 heterocycles. The second-order valence-electron chi connectivity index (χ2n) is 4.70. The van der Waals surface area contributed by atoms with Crippen molar-refractivity contribution in [3.8, 4) is 0 Å². The molecule has 1 saturated carbocycles. The monoisotopic (exact) mass is 216 g/mol. The normalized spacial score (nSPS) is 24.6. The van der Waals surface area contributed by atoms with Gasteiger partial charge >= 0.3 is 0 Å². The van der Waals surface area contributed by atoms with E-state index in [-0.39, 0.29) is 0 Å². The van der Waals surface area contributed by atoms with Crippen molar-refractivity contribution in [2.24, 2.45) is 5.92 Å². The highest BCUT2D eigenvalue weighted by Crippen LogP contribution is 2.26. The van der Waals surface area contributed by atoms with Crippen molar-refractivity contribution in [2.75, 3.05) is 0 Å². The molecule has 2 aromatic rings. The van der Waals surface area contributed by atoms with Crippen molar-refractivity contribution in [1.82, 2.24) is 19.9 Å². The van der Waals surface area contributed by atoms with Crippen molar-refractivity contribution >= 4 is 5.65 Å². The average molecular weight is 216 g/mol. The van der Waals surface area contributed by atoms with E-state index in [9.17, 15) is 0 Å². The van der Waals surface area contributed by atoms with Gasteiger partial charge in [0.25, 0.3) is 0 Å². The molecule has 0 spiro atoms. The maximum Gasteiger partial charge on any atom is 0.160 e. The fourth-order valence-electron chi connectivity index (χ4n) is 2.32. The minimum absolute atomic E-state index is 0.672. The van der Waals surface area contributed by atoms with Crippen LogP contribution in [0.15, 0.2) is 24.4 Å². The number of nitrogens with one attached hydrogen (secondary N) is 1. The van der Waals surface area contributed by atoms with Crippen LogP contribution in [0.25, 0.3) is 5.65 Å². The van der Waals surface area contributed by atoms with Gasteiger partial charge in [0.15, 0.2) is 11.5 Å². The largest absolute Gasteiger partial charge is 0.307 e. The molecule has 0 aromatic carbocycles. The van der Waals surface area contributed by atoms with E-state index in [0.29, 0.717) is 6.04 Å². The van der Waals surface area contributed by atoms with Gasteiger partial charge < -0.3 is 5.32 Å². The van der Waals surface area contributed by atoms with Gasteiger partial charge in [-0.05, 0) is 30.9 Å². The van der Waals surface area contributed by atoms with Gasteiger partial charge in [-0.25, -0.2) is 0 Å². The molecular formula is C12H16N4. The van der Waals surface area contributed by atoms with E-state index >= 15 is 0 Å². The molecule has 0 unspecified atom stereocenters. The summed E-state index contributed by atoms with van der Waals surface area (Å²) in [7, 11) is 0. The lowest BCUT2D eigenvalue weighted by Gasteiger charge is -2.33. The lowest BCUT2D eigenvalue weighted by atomic mass is 9.82. The Morgan fingerprint density at radius 2 is 2.25 bits per heavy atom. The van der Waals surface area contributed by atoms with Gasteiger partial charge in [0.1, 0.15) is 0 Å². The quantitative estimate of drug-likeness (QED) is 0.847. The van der Waals surface area contributed by atoms with Gasteiger partial charge in [-0.15, -0.1) is 10.2 Å². The van der Waals surface area contributed by atoms with E-state index < -0.39 is 0 Å². The summed E-state index contributed by atoms with van der Waals surface area (Å²) in [4.78, 5) is 0. The first-order valence-corrected chi connectivity index (χ1v) is 5.85. The zero-order chi connectivity index (χ0) is 11.0. The summed E-state index contributed by atoms with van der Waals surface area (Å²) in [5.74, 6) is 1.88. The van der Waals surface area contributed by atoms with Crippen molar-refractivity contribution in [3.63, 3.8) is 0 Å². The maximum absolute atomic E-state index is 4.20. The van der Waals surface area contributed by atoms with Gasteiger partial charge in [-0.1, -0.05) is 13.0 Å². The topological polar surface area (TPSA) is 42.2 Å². The van der Waals surface area contributed by atoms with Gasteiger partial charge in [0, 0.05) is 12.2 Å². The highest BCUT2D eigenvalue weighted by Gasteiger charge is 2.24. The minimum atomic E-state index is 0.672. The van der Waals surface area contributed by atoms with E-state index in [0.717, 1.165) is 23.9 Å². The van der Waals surface area contributed by atoms with Gasteiger partial charge in [-0.2, -0.15) is 0 Å². The molecule has 4 nitrogen and oxygen atoms in total. The number of pyridine rings is 1. The Bertz CT molecular complexity index is 484. The standard InChI is InChI=1S/C12H16N4/c1-9-6-10(7-9)13-8-12-15-14-11-4-2-3-5-16(11)12/h2-5,9-10,13H,6-8H2,1H3. The third kappa shape index (κ3) is 1.69. The lowest BCUT2D eigenvalue weighted by molar-refractivity contribution is 0.239. The molecule has 1 fully saturated rings. The van der Waals surface area contributed by atoms with E-state index in [1.165, 1.54) is 12.8 Å². The zero-order valence-corrected chi connectivity index (χ0v) is 9.43. The van der Waals surface area contributed by atoms with Crippen molar-refractivity contribution < 1.29 is 0 Å². The van der Waals surface area contributed by atoms with Crippen LogP contribution in [-0.4, -0.2) is 20.6 Å². The van der Waals surface area contributed by atoms with Crippen LogP contribution in [-0.2, 0) is 6.54 Å². The summed E-state index contributed by atoms with van der Waals surface area (Å²) in [5, 5.41) is 11.8. The number of rotatable bonds is 3. The Kier molecular flexibility index (Phi) is 2.36. The van der Waals surface area contributed by atoms with Gasteiger partial charge in [-0.3, -0.25) is 4.40 Å². The summed E-state index contributed by atoms with van der Waals surface area (Å²) in [6, 6.07) is 6.63. The smallest absolute Gasteiger partial charge is 0.160 e. The van der Waals surface area contributed by atoms with Crippen LogP contribution in [0.2, 0.25) is 0 Å². The highest BCUT2D eigenvalue weighted by molar-refractivity contribution is 5.36. The number of fused-ring (bicyclic) bond motifs is 1. The van der Waals surface area contributed by atoms with Gasteiger partial charge in [0.05, 0.1) is 6.54 Å². The van der Waals surface area contributed by atoms with Crippen LogP contribution in [0, 0.1) is 5.92 Å². The number of hydrogen-bond acceptors (Lipinski definition) is 3. The minimum Gasteiger partial charge on any atom is -0.307 e. The van der Waals surface area contributed by atoms with E-state index in [2.05, 4.69) is 22.4 Å². The van der Waals surface area contributed by atoms with E-state index in [4.69, 9.17) is 0 Å². The second-order valence-corrected chi connectivity index (χ2v) is 4.70. The van der Waals surface area contributed by atoms with Crippen LogP contribution in [0.1, 0.15) is 25.6 Å². The number of aromatic nitrogens is 3. The molecule has 3 rings (SSSR count). The predicted molar refractivity (Wildman–Crippen MR) is 62.0 cm³/mol. The predicted octanol–water partition coefficient (Wildman–Crippen LogP) is 1.62. The summed E-state index contributed by atoms with van der Waals surface area (Å²) in [5.41, 5.74) is 0.918. The fourth-order valence-corrected chi connectivity index (χ4v) is 2.32. The Balaban J connectivity index is 1.70. The zero-order valence-electron chi connectivity index (χ0n) is 9.43. The van der Waals surface area contributed by atoms with E-state index in [1.807, 2.05) is 28.8 Å². The molecule has 2 aromatic heterocycles. The molecule has 84 valence electrons. The average Bonchev–Trinajstić information content (AvgIpc) is 2.66. The molecule has 0 amide bonds. The molecule has 0 aliphatic heterocycles.